The molecule has 110 valence electrons. The maximum atomic E-state index is 12.4. The Balaban J connectivity index is 1.63. The fourth-order valence-electron chi connectivity index (χ4n) is 2.90. The van der Waals surface area contributed by atoms with Crippen LogP contribution >= 0.6 is 11.3 Å². The van der Waals surface area contributed by atoms with Gasteiger partial charge in [0.25, 0.3) is 0 Å². The van der Waals surface area contributed by atoms with Gasteiger partial charge in [-0.15, -0.1) is 11.3 Å². The molecule has 0 amide bonds. The van der Waals surface area contributed by atoms with E-state index < -0.39 is 0 Å². The van der Waals surface area contributed by atoms with Crippen molar-refractivity contribution < 1.29 is 4.79 Å². The third-order valence-electron chi connectivity index (χ3n) is 3.93. The molecule has 21 heavy (non-hydrogen) atoms. The summed E-state index contributed by atoms with van der Waals surface area (Å²) in [5.41, 5.74) is 4.66. The van der Waals surface area contributed by atoms with Crippen LogP contribution in [0, 0.1) is 6.92 Å². The number of aromatic nitrogens is 1. The highest BCUT2D eigenvalue weighted by atomic mass is 32.1. The summed E-state index contributed by atoms with van der Waals surface area (Å²) >= 11 is 1.65. The number of benzene rings is 1. The first-order valence-electron chi connectivity index (χ1n) is 7.36. The van der Waals surface area contributed by atoms with Gasteiger partial charge in [-0.2, -0.15) is 0 Å². The minimum atomic E-state index is 0.194. The van der Waals surface area contributed by atoms with Gasteiger partial charge < -0.3 is 0 Å². The Labute approximate surface area is 129 Å². The van der Waals surface area contributed by atoms with Crippen LogP contribution < -0.4 is 0 Å². The van der Waals surface area contributed by atoms with Gasteiger partial charge >= 0.3 is 0 Å². The molecule has 2 aromatic rings. The number of hydrogen-bond acceptors (Lipinski definition) is 4. The van der Waals surface area contributed by atoms with Crippen molar-refractivity contribution in [3.05, 3.63) is 51.0 Å². The van der Waals surface area contributed by atoms with Gasteiger partial charge in [0.2, 0.25) is 0 Å². The molecule has 0 N–H and O–H groups in total. The average Bonchev–Trinajstić information content (AvgIpc) is 3.06. The number of Topliss-reactive ketones (excluding diaryl/α,β-unsaturated/α-hetero) is 1. The van der Waals surface area contributed by atoms with Crippen molar-refractivity contribution in [2.24, 2.45) is 0 Å². The van der Waals surface area contributed by atoms with Crippen LogP contribution in [-0.2, 0) is 19.4 Å². The number of aryl methyl sites for hydroxylation is 3. The Hall–Kier alpha value is -1.52. The standard InChI is InChI=1S/C17H20N2OS/c1-12-18-16(11-21-12)9-19(2)10-17(20)15-7-6-13-4-3-5-14(13)8-15/h6-8,11H,3-5,9-10H2,1-2H3. The van der Waals surface area contributed by atoms with Crippen molar-refractivity contribution in [3.63, 3.8) is 0 Å². The van der Waals surface area contributed by atoms with Crippen LogP contribution in [0.4, 0.5) is 0 Å². The molecule has 1 aliphatic rings. The Bertz CT molecular complexity index is 663. The second-order valence-corrected chi connectivity index (χ2v) is 6.85. The van der Waals surface area contributed by atoms with Crippen molar-refractivity contribution >= 4 is 17.1 Å². The number of fused-ring (bicyclic) bond motifs is 1. The lowest BCUT2D eigenvalue weighted by atomic mass is 10.0. The maximum absolute atomic E-state index is 12.4. The SMILES string of the molecule is Cc1nc(CN(C)CC(=O)c2ccc3c(c2)CCC3)cs1. The molecule has 0 atom stereocenters. The van der Waals surface area contributed by atoms with Gasteiger partial charge in [-0.25, -0.2) is 4.98 Å². The molecule has 0 unspecified atom stereocenters. The van der Waals surface area contributed by atoms with E-state index in [2.05, 4.69) is 22.5 Å². The number of rotatable bonds is 5. The van der Waals surface area contributed by atoms with Gasteiger partial charge in [0, 0.05) is 17.5 Å². The monoisotopic (exact) mass is 300 g/mol. The molecule has 0 saturated heterocycles. The van der Waals surface area contributed by atoms with Crippen LogP contribution in [0.2, 0.25) is 0 Å². The van der Waals surface area contributed by atoms with Crippen LogP contribution in [0.1, 0.15) is 38.6 Å². The highest BCUT2D eigenvalue weighted by Crippen LogP contribution is 2.23. The number of ketones is 1. The van der Waals surface area contributed by atoms with Gasteiger partial charge in [0.1, 0.15) is 0 Å². The molecule has 0 bridgehead atoms. The predicted octanol–water partition coefficient (Wildman–Crippen LogP) is 3.25. The summed E-state index contributed by atoms with van der Waals surface area (Å²) in [6, 6.07) is 6.19. The zero-order valence-corrected chi connectivity index (χ0v) is 13.4. The second kappa shape index (κ2) is 6.08. The van der Waals surface area contributed by atoms with Crippen molar-refractivity contribution in [1.29, 1.82) is 0 Å². The fourth-order valence-corrected chi connectivity index (χ4v) is 3.50. The summed E-state index contributed by atoms with van der Waals surface area (Å²) in [6.45, 7) is 3.17. The van der Waals surface area contributed by atoms with E-state index in [1.807, 2.05) is 24.9 Å². The van der Waals surface area contributed by atoms with E-state index in [1.165, 1.54) is 17.5 Å². The zero-order valence-electron chi connectivity index (χ0n) is 12.6. The third-order valence-corrected chi connectivity index (χ3v) is 4.75. The molecular formula is C17H20N2OS. The molecular weight excluding hydrogens is 280 g/mol. The molecule has 0 saturated carbocycles. The first-order valence-corrected chi connectivity index (χ1v) is 8.24. The summed E-state index contributed by atoms with van der Waals surface area (Å²) < 4.78 is 0. The van der Waals surface area contributed by atoms with E-state index in [4.69, 9.17) is 0 Å². The zero-order chi connectivity index (χ0) is 14.8. The molecule has 3 nitrogen and oxygen atoms in total. The summed E-state index contributed by atoms with van der Waals surface area (Å²) in [4.78, 5) is 18.9. The molecule has 1 aliphatic carbocycles. The van der Waals surface area contributed by atoms with E-state index in [-0.39, 0.29) is 5.78 Å². The lowest BCUT2D eigenvalue weighted by molar-refractivity contribution is 0.0942. The largest absolute Gasteiger partial charge is 0.293 e. The second-order valence-electron chi connectivity index (χ2n) is 5.79. The van der Waals surface area contributed by atoms with Crippen molar-refractivity contribution in [1.82, 2.24) is 9.88 Å². The number of carbonyl (C=O) groups is 1. The summed E-state index contributed by atoms with van der Waals surface area (Å²) in [6.07, 6.45) is 3.49. The molecule has 3 rings (SSSR count). The highest BCUT2D eigenvalue weighted by molar-refractivity contribution is 7.09. The molecule has 0 fully saturated rings. The van der Waals surface area contributed by atoms with Gasteiger partial charge in [0.05, 0.1) is 17.2 Å². The van der Waals surface area contributed by atoms with Crippen LogP contribution in [0.15, 0.2) is 23.6 Å². The molecule has 4 heteroatoms. The average molecular weight is 300 g/mol. The Morgan fingerprint density at radius 1 is 1.33 bits per heavy atom. The van der Waals surface area contributed by atoms with Crippen LogP contribution in [0.25, 0.3) is 0 Å². The first kappa shape index (κ1) is 14.4. The first-order chi connectivity index (χ1) is 10.1. The predicted molar refractivity (Wildman–Crippen MR) is 86.0 cm³/mol. The quantitative estimate of drug-likeness (QED) is 0.795. The third kappa shape index (κ3) is 3.39. The summed E-state index contributed by atoms with van der Waals surface area (Å²) in [5.74, 6) is 0.194. The minimum Gasteiger partial charge on any atom is -0.293 e. The maximum Gasteiger partial charge on any atom is 0.176 e. The van der Waals surface area contributed by atoms with Crippen molar-refractivity contribution in [2.45, 2.75) is 32.7 Å². The molecule has 1 aromatic carbocycles. The van der Waals surface area contributed by atoms with Gasteiger partial charge in [-0.05, 0) is 50.4 Å². The van der Waals surface area contributed by atoms with Crippen LogP contribution in [0.5, 0.6) is 0 Å². The van der Waals surface area contributed by atoms with E-state index in [0.717, 1.165) is 35.7 Å². The van der Waals surface area contributed by atoms with Crippen LogP contribution in [0.3, 0.4) is 0 Å². The summed E-state index contributed by atoms with van der Waals surface area (Å²) in [7, 11) is 1.97. The fraction of sp³-hybridized carbons (Fsp3) is 0.412. The van der Waals surface area contributed by atoms with E-state index >= 15 is 0 Å². The lowest BCUT2D eigenvalue weighted by Crippen LogP contribution is -2.25. The van der Waals surface area contributed by atoms with Gasteiger partial charge in [0.15, 0.2) is 5.78 Å². The number of likely N-dealkylation sites (N-methyl/N-ethyl adjacent to an activating group) is 1. The van der Waals surface area contributed by atoms with Crippen LogP contribution in [-0.4, -0.2) is 29.3 Å². The highest BCUT2D eigenvalue weighted by Gasteiger charge is 2.15. The molecule has 0 aliphatic heterocycles. The topological polar surface area (TPSA) is 33.2 Å². The lowest BCUT2D eigenvalue weighted by Gasteiger charge is -2.14. The Morgan fingerprint density at radius 2 is 2.14 bits per heavy atom. The smallest absolute Gasteiger partial charge is 0.176 e. The number of hydrogen-bond donors (Lipinski definition) is 0. The number of thiazole rings is 1. The molecule has 1 aromatic heterocycles. The van der Waals surface area contributed by atoms with E-state index in [1.54, 1.807) is 11.3 Å². The molecule has 0 radical (unpaired) electrons. The molecule has 1 heterocycles. The normalized spacial score (nSPS) is 13.7. The number of nitrogens with zero attached hydrogens (tertiary/aromatic N) is 2. The summed E-state index contributed by atoms with van der Waals surface area (Å²) in [5, 5.41) is 3.13. The Kier molecular flexibility index (Phi) is 4.17. The van der Waals surface area contributed by atoms with E-state index in [0.29, 0.717) is 6.54 Å². The van der Waals surface area contributed by atoms with Gasteiger partial charge in [-0.3, -0.25) is 9.69 Å². The van der Waals surface area contributed by atoms with Crippen molar-refractivity contribution in [2.75, 3.05) is 13.6 Å². The minimum absolute atomic E-state index is 0.194. The van der Waals surface area contributed by atoms with Crippen molar-refractivity contribution in [3.8, 4) is 0 Å². The molecule has 0 spiro atoms. The Morgan fingerprint density at radius 3 is 2.90 bits per heavy atom. The van der Waals surface area contributed by atoms with E-state index in [9.17, 15) is 4.79 Å². The number of carbonyl (C=O) groups excluding carboxylic acids is 1. The van der Waals surface area contributed by atoms with Gasteiger partial charge in [-0.1, -0.05) is 12.1 Å².